The normalized spacial score (nSPS) is 15.6. The topological polar surface area (TPSA) is 48.9 Å². The number of thiophene rings is 1. The van der Waals surface area contributed by atoms with Crippen molar-refractivity contribution in [2.75, 3.05) is 37.7 Å². The molecule has 0 amide bonds. The lowest BCUT2D eigenvalue weighted by Crippen LogP contribution is -2.48. The van der Waals surface area contributed by atoms with E-state index in [1.165, 1.54) is 17.1 Å². The van der Waals surface area contributed by atoms with Crippen LogP contribution in [0.1, 0.15) is 19.8 Å². The zero-order valence-corrected chi connectivity index (χ0v) is 16.5. The number of nitrogens with one attached hydrogen (secondary N) is 2. The van der Waals surface area contributed by atoms with E-state index in [0.717, 1.165) is 38.4 Å². The van der Waals surface area contributed by atoms with Gasteiger partial charge in [0.15, 0.2) is 5.96 Å². The fourth-order valence-electron chi connectivity index (χ4n) is 3.09. The number of aliphatic imine (C=N–C) groups is 1. The maximum atomic E-state index is 13.2. The van der Waals surface area contributed by atoms with Crippen molar-refractivity contribution in [1.82, 2.24) is 10.6 Å². The maximum absolute atomic E-state index is 13.2. The Labute approximate surface area is 164 Å². The van der Waals surface area contributed by atoms with Crippen molar-refractivity contribution in [3.05, 3.63) is 47.6 Å². The lowest BCUT2D eigenvalue weighted by molar-refractivity contribution is 0.326. The van der Waals surface area contributed by atoms with Crippen LogP contribution in [0.15, 0.2) is 46.8 Å². The molecule has 7 heteroatoms. The second-order valence-electron chi connectivity index (χ2n) is 6.42. The molecule has 0 unspecified atom stereocenters. The third kappa shape index (κ3) is 6.13. The third-order valence-corrected chi connectivity index (χ3v) is 5.35. The summed E-state index contributed by atoms with van der Waals surface area (Å²) in [7, 11) is 0. The number of ether oxygens (including phenoxy) is 1. The monoisotopic (exact) mass is 390 g/mol. The van der Waals surface area contributed by atoms with Gasteiger partial charge in [0, 0.05) is 31.7 Å². The highest BCUT2D eigenvalue weighted by atomic mass is 32.1. The lowest BCUT2D eigenvalue weighted by Gasteiger charge is -2.33. The molecule has 1 aromatic carbocycles. The minimum Gasteiger partial charge on any atom is -0.492 e. The molecule has 1 aromatic heterocycles. The molecule has 0 radical (unpaired) electrons. The summed E-state index contributed by atoms with van der Waals surface area (Å²) in [5.74, 6) is 1.05. The molecule has 2 heterocycles. The Balaban J connectivity index is 1.43. The Hall–Kier alpha value is -2.28. The molecule has 0 aliphatic carbocycles. The molecule has 2 aromatic rings. The molecule has 0 saturated carbocycles. The highest BCUT2D eigenvalue weighted by Crippen LogP contribution is 2.24. The number of halogens is 1. The van der Waals surface area contributed by atoms with Gasteiger partial charge < -0.3 is 20.3 Å². The number of nitrogens with zero attached hydrogens (tertiary/aromatic N) is 2. The predicted octanol–water partition coefficient (Wildman–Crippen LogP) is 3.49. The van der Waals surface area contributed by atoms with E-state index in [9.17, 15) is 4.39 Å². The van der Waals surface area contributed by atoms with Gasteiger partial charge in [-0.25, -0.2) is 9.38 Å². The first-order valence-corrected chi connectivity index (χ1v) is 10.3. The van der Waals surface area contributed by atoms with Gasteiger partial charge in [0.05, 0.1) is 11.5 Å². The molecule has 1 aliphatic rings. The van der Waals surface area contributed by atoms with Crippen molar-refractivity contribution in [3.63, 3.8) is 0 Å². The molecule has 0 spiro atoms. The predicted molar refractivity (Wildman–Crippen MR) is 111 cm³/mol. The smallest absolute Gasteiger partial charge is 0.191 e. The van der Waals surface area contributed by atoms with Crippen molar-refractivity contribution in [2.24, 2.45) is 4.99 Å². The zero-order valence-electron chi connectivity index (χ0n) is 15.7. The summed E-state index contributed by atoms with van der Waals surface area (Å²) in [4.78, 5) is 7.02. The third-order valence-electron chi connectivity index (χ3n) is 4.42. The fourth-order valence-corrected chi connectivity index (χ4v) is 3.87. The van der Waals surface area contributed by atoms with Gasteiger partial charge in [-0.2, -0.15) is 0 Å². The van der Waals surface area contributed by atoms with E-state index < -0.39 is 0 Å². The van der Waals surface area contributed by atoms with Gasteiger partial charge in [0.2, 0.25) is 0 Å². The zero-order chi connectivity index (χ0) is 18.9. The molecule has 0 bridgehead atoms. The number of rotatable bonds is 7. The van der Waals surface area contributed by atoms with Gasteiger partial charge in [-0.3, -0.25) is 0 Å². The highest BCUT2D eigenvalue weighted by molar-refractivity contribution is 7.14. The SMILES string of the molecule is CCNC(=NCCOc1cccc(F)c1)NC1CCN(c2cccs2)CC1. The molecule has 2 N–H and O–H groups in total. The average molecular weight is 391 g/mol. The van der Waals surface area contributed by atoms with Crippen LogP contribution in [0.25, 0.3) is 0 Å². The quantitative estimate of drug-likeness (QED) is 0.432. The Morgan fingerprint density at radius 1 is 1.30 bits per heavy atom. The van der Waals surface area contributed by atoms with Crippen LogP contribution in [-0.4, -0.2) is 44.8 Å². The van der Waals surface area contributed by atoms with Gasteiger partial charge in [-0.1, -0.05) is 6.07 Å². The minimum absolute atomic E-state index is 0.292. The lowest BCUT2D eigenvalue weighted by atomic mass is 10.1. The number of guanidine groups is 1. The summed E-state index contributed by atoms with van der Waals surface area (Å²) in [6.45, 7) is 5.90. The van der Waals surface area contributed by atoms with Crippen molar-refractivity contribution in [3.8, 4) is 5.75 Å². The molecule has 5 nitrogen and oxygen atoms in total. The summed E-state index contributed by atoms with van der Waals surface area (Å²) in [6.07, 6.45) is 2.17. The van der Waals surface area contributed by atoms with E-state index in [1.54, 1.807) is 23.5 Å². The Kier molecular flexibility index (Phi) is 7.33. The molecule has 146 valence electrons. The molecular formula is C20H27FN4OS. The van der Waals surface area contributed by atoms with Gasteiger partial charge in [0.1, 0.15) is 18.2 Å². The van der Waals surface area contributed by atoms with E-state index in [2.05, 4.69) is 45.0 Å². The summed E-state index contributed by atoms with van der Waals surface area (Å²) >= 11 is 1.80. The number of hydrogen-bond acceptors (Lipinski definition) is 4. The molecule has 3 rings (SSSR count). The summed E-state index contributed by atoms with van der Waals surface area (Å²) in [5, 5.41) is 10.3. The van der Waals surface area contributed by atoms with E-state index in [1.807, 2.05) is 0 Å². The first-order chi connectivity index (χ1) is 13.2. The van der Waals surface area contributed by atoms with Crippen LogP contribution < -0.4 is 20.3 Å². The van der Waals surface area contributed by atoms with Crippen LogP contribution in [0, 0.1) is 5.82 Å². The Morgan fingerprint density at radius 2 is 2.15 bits per heavy atom. The summed E-state index contributed by atoms with van der Waals surface area (Å²) in [5.41, 5.74) is 0. The van der Waals surface area contributed by atoms with Crippen LogP contribution in [-0.2, 0) is 0 Å². The second kappa shape index (κ2) is 10.2. The number of benzene rings is 1. The molecule has 27 heavy (non-hydrogen) atoms. The van der Waals surface area contributed by atoms with Crippen molar-refractivity contribution < 1.29 is 9.13 Å². The summed E-state index contributed by atoms with van der Waals surface area (Å²) < 4.78 is 18.7. The van der Waals surface area contributed by atoms with Gasteiger partial charge in [-0.15, -0.1) is 11.3 Å². The standard InChI is InChI=1S/C20H27FN4OS/c1-2-22-20(23-10-13-26-18-6-3-5-16(21)15-18)24-17-8-11-25(12-9-17)19-7-4-14-27-19/h3-7,14-15,17H,2,8-13H2,1H3,(H2,22,23,24). The average Bonchev–Trinajstić information content (AvgIpc) is 3.21. The van der Waals surface area contributed by atoms with Gasteiger partial charge >= 0.3 is 0 Å². The number of anilines is 1. The summed E-state index contributed by atoms with van der Waals surface area (Å²) in [6, 6.07) is 10.9. The molecule has 1 saturated heterocycles. The molecule has 1 fully saturated rings. The first kappa shape index (κ1) is 19.5. The maximum Gasteiger partial charge on any atom is 0.191 e. The largest absolute Gasteiger partial charge is 0.492 e. The highest BCUT2D eigenvalue weighted by Gasteiger charge is 2.20. The molecular weight excluding hydrogens is 363 g/mol. The van der Waals surface area contributed by atoms with Crippen LogP contribution in [0.2, 0.25) is 0 Å². The van der Waals surface area contributed by atoms with Gasteiger partial charge in [-0.05, 0) is 49.4 Å². The van der Waals surface area contributed by atoms with Gasteiger partial charge in [0.25, 0.3) is 0 Å². The first-order valence-electron chi connectivity index (χ1n) is 9.46. The van der Waals surface area contributed by atoms with E-state index in [-0.39, 0.29) is 5.82 Å². The Bertz CT molecular complexity index is 715. The van der Waals surface area contributed by atoms with Crippen LogP contribution in [0.5, 0.6) is 5.75 Å². The molecule has 1 aliphatic heterocycles. The van der Waals surface area contributed by atoms with Crippen molar-refractivity contribution in [1.29, 1.82) is 0 Å². The van der Waals surface area contributed by atoms with Crippen molar-refractivity contribution >= 4 is 22.3 Å². The van der Waals surface area contributed by atoms with Crippen LogP contribution >= 0.6 is 11.3 Å². The van der Waals surface area contributed by atoms with E-state index in [0.29, 0.717) is 24.9 Å². The number of piperidine rings is 1. The van der Waals surface area contributed by atoms with Crippen molar-refractivity contribution in [2.45, 2.75) is 25.8 Å². The number of hydrogen-bond donors (Lipinski definition) is 2. The molecule has 0 atom stereocenters. The van der Waals surface area contributed by atoms with Crippen LogP contribution in [0.3, 0.4) is 0 Å². The minimum atomic E-state index is -0.292. The van der Waals surface area contributed by atoms with E-state index in [4.69, 9.17) is 4.74 Å². The fraction of sp³-hybridized carbons (Fsp3) is 0.450. The van der Waals surface area contributed by atoms with Crippen LogP contribution in [0.4, 0.5) is 9.39 Å². The Morgan fingerprint density at radius 3 is 2.85 bits per heavy atom. The van der Waals surface area contributed by atoms with E-state index >= 15 is 0 Å². The second-order valence-corrected chi connectivity index (χ2v) is 7.35.